The molecular formula is C24H30N2O2. The quantitative estimate of drug-likeness (QED) is 0.807. The summed E-state index contributed by atoms with van der Waals surface area (Å²) in [6, 6.07) is 16.3. The monoisotopic (exact) mass is 378 g/mol. The Morgan fingerprint density at radius 2 is 1.75 bits per heavy atom. The highest BCUT2D eigenvalue weighted by Gasteiger charge is 2.37. The van der Waals surface area contributed by atoms with Gasteiger partial charge in [-0.1, -0.05) is 36.4 Å². The third-order valence-electron chi connectivity index (χ3n) is 6.14. The molecule has 4 heteroatoms. The molecule has 0 saturated carbocycles. The van der Waals surface area contributed by atoms with Crippen molar-refractivity contribution in [3.05, 3.63) is 70.8 Å². The summed E-state index contributed by atoms with van der Waals surface area (Å²) >= 11 is 0. The number of amides is 1. The first-order valence-corrected chi connectivity index (χ1v) is 10.4. The van der Waals surface area contributed by atoms with E-state index >= 15 is 0 Å². The topological polar surface area (TPSA) is 32.8 Å². The van der Waals surface area contributed by atoms with Crippen molar-refractivity contribution >= 4 is 5.91 Å². The summed E-state index contributed by atoms with van der Waals surface area (Å²) in [6.07, 6.45) is 2.52. The molecule has 0 N–H and O–H groups in total. The number of hydrogen-bond donors (Lipinski definition) is 0. The number of morpholine rings is 1. The molecule has 0 bridgehead atoms. The van der Waals surface area contributed by atoms with Crippen LogP contribution in [0.15, 0.2) is 48.5 Å². The number of likely N-dealkylation sites (tertiary alicyclic amines) is 1. The lowest BCUT2D eigenvalue weighted by molar-refractivity contribution is -0.0707. The normalized spacial score (nSPS) is 23.1. The molecule has 2 atom stereocenters. The molecule has 0 aliphatic carbocycles. The molecule has 2 aliphatic heterocycles. The summed E-state index contributed by atoms with van der Waals surface area (Å²) in [5.41, 5.74) is 4.29. The van der Waals surface area contributed by atoms with E-state index in [4.69, 9.17) is 4.74 Å². The Labute approximate surface area is 168 Å². The second-order valence-corrected chi connectivity index (χ2v) is 8.07. The first-order valence-electron chi connectivity index (χ1n) is 10.4. The molecule has 0 aromatic heterocycles. The van der Waals surface area contributed by atoms with Crippen molar-refractivity contribution < 1.29 is 9.53 Å². The van der Waals surface area contributed by atoms with Gasteiger partial charge in [-0.3, -0.25) is 4.79 Å². The molecular weight excluding hydrogens is 348 g/mol. The van der Waals surface area contributed by atoms with Crippen molar-refractivity contribution in [1.29, 1.82) is 0 Å². The Hall–Kier alpha value is -2.17. The maximum absolute atomic E-state index is 13.5. The van der Waals surface area contributed by atoms with Crippen LogP contribution < -0.4 is 0 Å². The molecule has 2 fully saturated rings. The smallest absolute Gasteiger partial charge is 0.254 e. The fraction of sp³-hybridized carbons (Fsp3) is 0.458. The summed E-state index contributed by atoms with van der Waals surface area (Å²) in [5.74, 6) is 0.103. The van der Waals surface area contributed by atoms with Crippen LogP contribution in [-0.2, 0) is 4.74 Å². The number of carbonyl (C=O) groups is 1. The number of carbonyl (C=O) groups excluding carboxylic acids is 1. The van der Waals surface area contributed by atoms with Gasteiger partial charge in [0.1, 0.15) is 0 Å². The van der Waals surface area contributed by atoms with E-state index in [-0.39, 0.29) is 18.1 Å². The average molecular weight is 379 g/mol. The van der Waals surface area contributed by atoms with Gasteiger partial charge in [0.25, 0.3) is 5.91 Å². The molecule has 2 aromatic rings. The van der Waals surface area contributed by atoms with Crippen LogP contribution in [0, 0.1) is 13.8 Å². The van der Waals surface area contributed by atoms with E-state index in [1.807, 2.05) is 29.2 Å². The van der Waals surface area contributed by atoms with Gasteiger partial charge in [-0.15, -0.1) is 0 Å². The molecule has 2 aliphatic rings. The largest absolute Gasteiger partial charge is 0.373 e. The Bertz CT molecular complexity index is 815. The minimum absolute atomic E-state index is 0.00439. The summed E-state index contributed by atoms with van der Waals surface area (Å²) in [4.78, 5) is 18.0. The predicted molar refractivity (Wildman–Crippen MR) is 112 cm³/mol. The second-order valence-electron chi connectivity index (χ2n) is 8.07. The van der Waals surface area contributed by atoms with Gasteiger partial charge in [0.05, 0.1) is 18.8 Å². The van der Waals surface area contributed by atoms with E-state index in [1.54, 1.807) is 0 Å². The lowest BCUT2D eigenvalue weighted by atomic mass is 9.96. The predicted octanol–water partition coefficient (Wildman–Crippen LogP) is 3.98. The van der Waals surface area contributed by atoms with Gasteiger partial charge in [0, 0.05) is 18.7 Å². The average Bonchev–Trinajstić information content (AvgIpc) is 3.23. The third-order valence-corrected chi connectivity index (χ3v) is 6.14. The van der Waals surface area contributed by atoms with Crippen LogP contribution >= 0.6 is 0 Å². The highest BCUT2D eigenvalue weighted by atomic mass is 16.5. The fourth-order valence-corrected chi connectivity index (χ4v) is 4.42. The zero-order valence-electron chi connectivity index (χ0n) is 16.9. The molecule has 28 heavy (non-hydrogen) atoms. The SMILES string of the molecule is Cc1ccc(C(=O)N2CCO[C@@H](CN3CCCC3)[C@@H]2c2ccccc2)cc1C. The van der Waals surface area contributed by atoms with Gasteiger partial charge in [-0.05, 0) is 68.6 Å². The molecule has 0 unspecified atom stereocenters. The van der Waals surface area contributed by atoms with Crippen molar-refractivity contribution in [2.45, 2.75) is 38.8 Å². The van der Waals surface area contributed by atoms with Gasteiger partial charge in [-0.25, -0.2) is 0 Å². The molecule has 0 spiro atoms. The van der Waals surface area contributed by atoms with Gasteiger partial charge in [0.15, 0.2) is 0 Å². The van der Waals surface area contributed by atoms with E-state index in [0.717, 1.165) is 36.3 Å². The van der Waals surface area contributed by atoms with E-state index in [9.17, 15) is 4.79 Å². The Balaban J connectivity index is 1.64. The first-order chi connectivity index (χ1) is 13.6. The van der Waals surface area contributed by atoms with Gasteiger partial charge >= 0.3 is 0 Å². The van der Waals surface area contributed by atoms with Gasteiger partial charge in [-0.2, -0.15) is 0 Å². The first kappa shape index (κ1) is 19.2. The zero-order valence-corrected chi connectivity index (χ0v) is 16.9. The van der Waals surface area contributed by atoms with Gasteiger partial charge < -0.3 is 14.5 Å². The minimum Gasteiger partial charge on any atom is -0.373 e. The molecule has 2 heterocycles. The number of rotatable bonds is 4. The summed E-state index contributed by atoms with van der Waals surface area (Å²) in [7, 11) is 0. The van der Waals surface area contributed by atoms with Crippen LogP contribution in [0.4, 0.5) is 0 Å². The molecule has 2 aromatic carbocycles. The van der Waals surface area contributed by atoms with Crippen LogP contribution in [0.25, 0.3) is 0 Å². The number of benzene rings is 2. The van der Waals surface area contributed by atoms with E-state index in [1.165, 1.54) is 18.4 Å². The maximum atomic E-state index is 13.5. The minimum atomic E-state index is -0.0512. The van der Waals surface area contributed by atoms with Crippen molar-refractivity contribution in [1.82, 2.24) is 9.80 Å². The van der Waals surface area contributed by atoms with Crippen LogP contribution in [0.2, 0.25) is 0 Å². The van der Waals surface area contributed by atoms with Gasteiger partial charge in [0.2, 0.25) is 0 Å². The van der Waals surface area contributed by atoms with Crippen LogP contribution in [-0.4, -0.2) is 54.6 Å². The molecule has 2 saturated heterocycles. The molecule has 1 amide bonds. The van der Waals surface area contributed by atoms with Crippen LogP contribution in [0.1, 0.15) is 45.9 Å². The Morgan fingerprint density at radius 1 is 1.00 bits per heavy atom. The molecule has 0 radical (unpaired) electrons. The molecule has 4 nitrogen and oxygen atoms in total. The summed E-state index contributed by atoms with van der Waals surface area (Å²) < 4.78 is 6.23. The van der Waals surface area contributed by atoms with E-state index in [0.29, 0.717) is 13.2 Å². The van der Waals surface area contributed by atoms with Crippen molar-refractivity contribution in [3.63, 3.8) is 0 Å². The third kappa shape index (κ3) is 3.98. The number of aryl methyl sites for hydroxylation is 2. The summed E-state index contributed by atoms with van der Waals surface area (Å²) in [6.45, 7) is 8.52. The van der Waals surface area contributed by atoms with E-state index in [2.05, 4.69) is 43.0 Å². The number of hydrogen-bond acceptors (Lipinski definition) is 3. The van der Waals surface area contributed by atoms with Crippen molar-refractivity contribution in [3.8, 4) is 0 Å². The molecule has 148 valence electrons. The summed E-state index contributed by atoms with van der Waals surface area (Å²) in [5, 5.41) is 0. The lowest BCUT2D eigenvalue weighted by Gasteiger charge is -2.43. The molecule has 4 rings (SSSR count). The Kier molecular flexibility index (Phi) is 5.79. The number of ether oxygens (including phenoxy) is 1. The fourth-order valence-electron chi connectivity index (χ4n) is 4.42. The van der Waals surface area contributed by atoms with E-state index < -0.39 is 0 Å². The van der Waals surface area contributed by atoms with Crippen molar-refractivity contribution in [2.24, 2.45) is 0 Å². The lowest BCUT2D eigenvalue weighted by Crippen LogP contribution is -2.51. The van der Waals surface area contributed by atoms with Crippen molar-refractivity contribution in [2.75, 3.05) is 32.8 Å². The highest BCUT2D eigenvalue weighted by Crippen LogP contribution is 2.32. The Morgan fingerprint density at radius 3 is 2.46 bits per heavy atom. The number of nitrogens with zero attached hydrogens (tertiary/aromatic N) is 2. The van der Waals surface area contributed by atoms with Crippen LogP contribution in [0.3, 0.4) is 0 Å². The highest BCUT2D eigenvalue weighted by molar-refractivity contribution is 5.95. The standard InChI is InChI=1S/C24H30N2O2/c1-18-10-11-21(16-19(18)2)24(27)26-14-15-28-22(17-25-12-6-7-13-25)23(26)20-8-4-3-5-9-20/h3-5,8-11,16,22-23H,6-7,12-15,17H2,1-2H3/t22-,23-/m0/s1. The maximum Gasteiger partial charge on any atom is 0.254 e. The van der Waals surface area contributed by atoms with Crippen LogP contribution in [0.5, 0.6) is 0 Å². The zero-order chi connectivity index (χ0) is 19.5. The second kappa shape index (κ2) is 8.46.